The van der Waals surface area contributed by atoms with Crippen molar-refractivity contribution >= 4 is 46.9 Å². The Hall–Kier alpha value is -5.20. The molecular formula is C50H62Cl2F3N7O7. The van der Waals surface area contributed by atoms with Crippen LogP contribution >= 0.6 is 23.2 Å². The number of aromatic nitrogens is 2. The Balaban J connectivity index is 1.12. The lowest BCUT2D eigenvalue weighted by Gasteiger charge is -2.45. The molecule has 0 radical (unpaired) electrons. The highest BCUT2D eigenvalue weighted by Gasteiger charge is 2.44. The highest BCUT2D eigenvalue weighted by molar-refractivity contribution is 6.31. The Morgan fingerprint density at radius 2 is 1.61 bits per heavy atom. The number of hydrogen-bond donors (Lipinski definition) is 3. The fraction of sp³-hybridized carbons (Fsp3) is 0.500. The van der Waals surface area contributed by atoms with E-state index < -0.39 is 71.9 Å². The number of hydrogen-bond acceptors (Lipinski definition) is 10. The molecule has 2 saturated heterocycles. The van der Waals surface area contributed by atoms with Crippen LogP contribution in [0.4, 0.5) is 13.2 Å². The number of alkyl halides is 3. The molecule has 374 valence electrons. The fourth-order valence-corrected chi connectivity index (χ4v) is 8.80. The van der Waals surface area contributed by atoms with E-state index in [4.69, 9.17) is 37.4 Å². The summed E-state index contributed by atoms with van der Waals surface area (Å²) in [5, 5.41) is 9.96. The lowest BCUT2D eigenvalue weighted by Crippen LogP contribution is -2.65. The molecule has 6 rings (SSSR count). The van der Waals surface area contributed by atoms with Gasteiger partial charge in [0.25, 0.3) is 0 Å². The van der Waals surface area contributed by atoms with Gasteiger partial charge in [-0.2, -0.15) is 13.2 Å². The summed E-state index contributed by atoms with van der Waals surface area (Å²) >= 11 is 12.6. The lowest BCUT2D eigenvalue weighted by atomic mass is 9.82. The molecule has 0 saturated carbocycles. The Labute approximate surface area is 411 Å². The molecule has 0 aliphatic carbocycles. The summed E-state index contributed by atoms with van der Waals surface area (Å²) in [6, 6.07) is 17.7. The van der Waals surface area contributed by atoms with E-state index in [0.717, 1.165) is 42.3 Å². The van der Waals surface area contributed by atoms with Crippen molar-refractivity contribution in [3.8, 4) is 22.8 Å². The number of rotatable bonds is 20. The summed E-state index contributed by atoms with van der Waals surface area (Å²) in [4.78, 5) is 63.1. The average Bonchev–Trinajstić information content (AvgIpc) is 3.62. The number of carbonyl (C=O) groups excluding carboxylic acids is 4. The zero-order chi connectivity index (χ0) is 50.1. The van der Waals surface area contributed by atoms with Gasteiger partial charge in [-0.3, -0.25) is 24.1 Å². The van der Waals surface area contributed by atoms with Gasteiger partial charge in [-0.1, -0.05) is 41.4 Å². The van der Waals surface area contributed by atoms with Gasteiger partial charge in [-0.15, -0.1) is 0 Å². The van der Waals surface area contributed by atoms with Gasteiger partial charge < -0.3 is 39.6 Å². The monoisotopic (exact) mass is 999 g/mol. The second-order valence-corrected chi connectivity index (χ2v) is 19.9. The Morgan fingerprint density at radius 3 is 2.25 bits per heavy atom. The van der Waals surface area contributed by atoms with Crippen molar-refractivity contribution in [2.75, 3.05) is 39.9 Å². The number of nitrogens with one attached hydrogen (secondary N) is 3. The minimum Gasteiger partial charge on any atom is -0.460 e. The first kappa shape index (κ1) is 53.2. The maximum absolute atomic E-state index is 14.3. The predicted octanol–water partition coefficient (Wildman–Crippen LogP) is 8.02. The van der Waals surface area contributed by atoms with Gasteiger partial charge in [0.1, 0.15) is 29.0 Å². The number of likely N-dealkylation sites (tertiary alicyclic amines) is 2. The molecule has 2 fully saturated rings. The lowest BCUT2D eigenvalue weighted by molar-refractivity contribution is -0.169. The normalized spacial score (nSPS) is 17.9. The van der Waals surface area contributed by atoms with Gasteiger partial charge in [-0.05, 0) is 121 Å². The number of amides is 3. The Kier molecular flexibility index (Phi) is 17.8. The number of nitrogens with zero attached hydrogens (tertiary/aromatic N) is 4. The second kappa shape index (κ2) is 23.1. The van der Waals surface area contributed by atoms with Gasteiger partial charge in [0.15, 0.2) is 0 Å². The first-order valence-corrected chi connectivity index (χ1v) is 23.8. The Morgan fingerprint density at radius 1 is 0.913 bits per heavy atom. The highest BCUT2D eigenvalue weighted by Crippen LogP contribution is 2.34. The molecule has 4 aromatic rings. The van der Waals surface area contributed by atoms with Crippen LogP contribution in [0.3, 0.4) is 0 Å². The third kappa shape index (κ3) is 15.4. The van der Waals surface area contributed by atoms with E-state index in [1.807, 2.05) is 37.5 Å². The standard InChI is InChI=1S/C50H62Cl2F3N7O7/c1-32(56-27-35-11-16-38(52)24-42(35)68-39-17-12-34(13-18-39)41-28-57-43(60(41)5)29-61-20-8-21-61)45(64)58-40(30-67-6)46(65)59-49(25-33-9-14-37(51)15-10-33)19-7-22-62(31-49)47(66)36(26-50(53,54)55)23-44(63)69-48(2,3)4/h9-18,24,28,32,36,40,56H,7-8,19-23,25-27,29-31H2,1-6H3,(H,58,64)(H,59,65)/t32-,36-,40-,49+/m0/s1. The van der Waals surface area contributed by atoms with Crippen molar-refractivity contribution < 1.29 is 46.6 Å². The summed E-state index contributed by atoms with van der Waals surface area (Å²) in [7, 11) is 3.39. The molecule has 3 heterocycles. The molecule has 3 amide bonds. The number of methoxy groups -OCH3 is 1. The molecule has 3 N–H and O–H groups in total. The van der Waals surface area contributed by atoms with Crippen molar-refractivity contribution in [1.82, 2.24) is 35.3 Å². The topological polar surface area (TPSA) is 156 Å². The average molecular weight is 1000 g/mol. The molecule has 0 spiro atoms. The summed E-state index contributed by atoms with van der Waals surface area (Å²) in [5.74, 6) is -2.65. The van der Waals surface area contributed by atoms with Crippen LogP contribution in [0.25, 0.3) is 11.3 Å². The molecule has 4 atom stereocenters. The van der Waals surface area contributed by atoms with Crippen LogP contribution in [0.1, 0.15) is 76.8 Å². The van der Waals surface area contributed by atoms with Crippen LogP contribution in [0.15, 0.2) is 72.9 Å². The zero-order valence-corrected chi connectivity index (χ0v) is 41.4. The molecule has 0 bridgehead atoms. The molecule has 3 aromatic carbocycles. The van der Waals surface area contributed by atoms with E-state index in [1.54, 1.807) is 70.2 Å². The summed E-state index contributed by atoms with van der Waals surface area (Å²) < 4.78 is 60.7. The second-order valence-electron chi connectivity index (χ2n) is 19.0. The number of imidazole rings is 1. The van der Waals surface area contributed by atoms with E-state index in [-0.39, 0.29) is 32.7 Å². The molecule has 69 heavy (non-hydrogen) atoms. The van der Waals surface area contributed by atoms with E-state index in [2.05, 4.69) is 30.4 Å². The van der Waals surface area contributed by atoms with E-state index >= 15 is 0 Å². The minimum absolute atomic E-state index is 0.0970. The fourth-order valence-electron chi connectivity index (χ4n) is 8.52. The maximum atomic E-state index is 14.3. The maximum Gasteiger partial charge on any atom is 0.389 e. The van der Waals surface area contributed by atoms with Crippen molar-refractivity contribution in [3.63, 3.8) is 0 Å². The van der Waals surface area contributed by atoms with Gasteiger partial charge in [0, 0.05) is 55.0 Å². The molecule has 2 aliphatic heterocycles. The smallest absolute Gasteiger partial charge is 0.389 e. The number of piperidine rings is 1. The molecule has 2 aliphatic rings. The van der Waals surface area contributed by atoms with Crippen LogP contribution in [0.5, 0.6) is 11.5 Å². The molecular weight excluding hydrogens is 938 g/mol. The van der Waals surface area contributed by atoms with Crippen LogP contribution in [0.2, 0.25) is 10.0 Å². The summed E-state index contributed by atoms with van der Waals surface area (Å²) in [6.45, 7) is 9.27. The largest absolute Gasteiger partial charge is 0.460 e. The highest BCUT2D eigenvalue weighted by atomic mass is 35.5. The number of esters is 1. The molecule has 19 heteroatoms. The molecule has 1 aromatic heterocycles. The van der Waals surface area contributed by atoms with Gasteiger partial charge in [-0.25, -0.2) is 4.98 Å². The minimum atomic E-state index is -4.75. The first-order valence-electron chi connectivity index (χ1n) is 23.1. The van der Waals surface area contributed by atoms with Crippen LogP contribution in [0, 0.1) is 5.92 Å². The summed E-state index contributed by atoms with van der Waals surface area (Å²) in [5.41, 5.74) is 1.24. The van der Waals surface area contributed by atoms with Crippen LogP contribution < -0.4 is 20.7 Å². The van der Waals surface area contributed by atoms with Crippen LogP contribution in [-0.2, 0) is 55.2 Å². The molecule has 0 unspecified atom stereocenters. The van der Waals surface area contributed by atoms with Crippen molar-refractivity contribution in [2.45, 2.75) is 109 Å². The van der Waals surface area contributed by atoms with Crippen molar-refractivity contribution in [2.24, 2.45) is 13.0 Å². The van der Waals surface area contributed by atoms with Gasteiger partial charge in [0.2, 0.25) is 17.7 Å². The van der Waals surface area contributed by atoms with Crippen molar-refractivity contribution in [1.29, 1.82) is 0 Å². The molecule has 14 nitrogen and oxygen atoms in total. The first-order chi connectivity index (χ1) is 32.6. The van der Waals surface area contributed by atoms with E-state index in [9.17, 15) is 32.3 Å². The van der Waals surface area contributed by atoms with E-state index in [1.165, 1.54) is 18.4 Å². The predicted molar refractivity (Wildman–Crippen MR) is 257 cm³/mol. The third-order valence-electron chi connectivity index (χ3n) is 12.2. The van der Waals surface area contributed by atoms with Crippen LogP contribution in [-0.4, -0.2) is 112 Å². The number of halogens is 5. The van der Waals surface area contributed by atoms with Gasteiger partial charge in [0.05, 0.1) is 55.4 Å². The Bertz CT molecular complexity index is 2410. The zero-order valence-electron chi connectivity index (χ0n) is 39.9. The number of benzene rings is 3. The number of ether oxygens (including phenoxy) is 3. The quantitative estimate of drug-likeness (QED) is 0.0742. The van der Waals surface area contributed by atoms with Crippen molar-refractivity contribution in [3.05, 3.63) is 99.9 Å². The summed E-state index contributed by atoms with van der Waals surface area (Å²) in [6.07, 6.45) is -3.14. The van der Waals surface area contributed by atoms with Gasteiger partial charge >= 0.3 is 12.1 Å². The SMILES string of the molecule is COC[C@H](NC(=O)[C@H](C)NCc1ccc(Cl)cc1Oc1ccc(-c2cnc(CN3CCC3)n2C)cc1)C(=O)N[C@@]1(Cc2ccc(Cl)cc2)CCCN(C(=O)[C@@H](CC(=O)OC(C)(C)C)CC(F)(F)F)C1. The van der Waals surface area contributed by atoms with E-state index in [0.29, 0.717) is 39.9 Å². The number of carbonyl (C=O) groups is 4. The third-order valence-corrected chi connectivity index (χ3v) is 12.6.